The summed E-state index contributed by atoms with van der Waals surface area (Å²) in [5.74, 6) is -1.23. The van der Waals surface area contributed by atoms with Crippen molar-refractivity contribution in [3.63, 3.8) is 0 Å². The highest BCUT2D eigenvalue weighted by Crippen LogP contribution is 2.48. The van der Waals surface area contributed by atoms with Gasteiger partial charge in [0, 0.05) is 30.6 Å². The van der Waals surface area contributed by atoms with Crippen LogP contribution in [0.2, 0.25) is 0 Å². The molecule has 0 saturated heterocycles. The molecule has 3 atom stereocenters. The van der Waals surface area contributed by atoms with Gasteiger partial charge in [0.25, 0.3) is 0 Å². The maximum Gasteiger partial charge on any atom is 0.179 e. The molecular formula is C25H34FNO3S. The summed E-state index contributed by atoms with van der Waals surface area (Å²) in [4.78, 5) is 2.24. The van der Waals surface area contributed by atoms with Gasteiger partial charge < -0.3 is 10.0 Å². The minimum atomic E-state index is -3.68. The first-order valence-corrected chi connectivity index (χ1v) is 12.9. The molecule has 0 spiro atoms. The van der Waals surface area contributed by atoms with Crippen molar-refractivity contribution in [2.75, 3.05) is 24.2 Å². The largest absolute Gasteiger partial charge is 0.392 e. The first-order valence-electron chi connectivity index (χ1n) is 11.2. The van der Waals surface area contributed by atoms with Crippen LogP contribution in [0.5, 0.6) is 0 Å². The standard InChI is InChI=1S/C25H34FNO3S/c1-5-8-15-25(6-2)17-31(29,30)22-14-11-19(26)16-21(22)23(24(25)28)18-9-12-20(13-10-18)27(4)7-3/h9-14,16,23-24,28H,5-8,15,17H2,1-4H3/t23-,24-,25?/m1/s1. The van der Waals surface area contributed by atoms with Crippen LogP contribution in [0.15, 0.2) is 47.4 Å². The molecule has 0 amide bonds. The van der Waals surface area contributed by atoms with Crippen LogP contribution in [0.4, 0.5) is 10.1 Å². The van der Waals surface area contributed by atoms with E-state index in [1.54, 1.807) is 0 Å². The van der Waals surface area contributed by atoms with Gasteiger partial charge in [-0.15, -0.1) is 0 Å². The second-order valence-corrected chi connectivity index (χ2v) is 10.7. The summed E-state index contributed by atoms with van der Waals surface area (Å²) in [6.07, 6.45) is 1.97. The number of nitrogens with zero attached hydrogens (tertiary/aromatic N) is 1. The zero-order chi connectivity index (χ0) is 22.8. The van der Waals surface area contributed by atoms with Crippen LogP contribution in [0, 0.1) is 11.2 Å². The third-order valence-electron chi connectivity index (χ3n) is 6.96. The Balaban J connectivity index is 2.23. The van der Waals surface area contributed by atoms with Crippen molar-refractivity contribution < 1.29 is 17.9 Å². The summed E-state index contributed by atoms with van der Waals surface area (Å²) in [5.41, 5.74) is 1.41. The maximum atomic E-state index is 14.3. The van der Waals surface area contributed by atoms with E-state index in [0.717, 1.165) is 30.6 Å². The molecule has 0 fully saturated rings. The molecule has 1 aliphatic heterocycles. The molecule has 0 bridgehead atoms. The minimum Gasteiger partial charge on any atom is -0.392 e. The smallest absolute Gasteiger partial charge is 0.179 e. The van der Waals surface area contributed by atoms with Crippen molar-refractivity contribution in [2.45, 2.75) is 63.4 Å². The van der Waals surface area contributed by atoms with Crippen LogP contribution in [-0.2, 0) is 9.84 Å². The van der Waals surface area contributed by atoms with Gasteiger partial charge in [-0.3, -0.25) is 0 Å². The third kappa shape index (κ3) is 4.51. The van der Waals surface area contributed by atoms with E-state index in [2.05, 4.69) is 18.7 Å². The van der Waals surface area contributed by atoms with Gasteiger partial charge in [0.05, 0.1) is 16.8 Å². The fourth-order valence-electron chi connectivity index (χ4n) is 4.83. The molecule has 1 N–H and O–H groups in total. The third-order valence-corrected chi connectivity index (χ3v) is 8.96. The Hall–Kier alpha value is -1.92. The molecule has 2 aromatic carbocycles. The molecule has 4 nitrogen and oxygen atoms in total. The van der Waals surface area contributed by atoms with Crippen molar-refractivity contribution in [1.82, 2.24) is 0 Å². The quantitative estimate of drug-likeness (QED) is 0.597. The molecule has 1 heterocycles. The molecule has 170 valence electrons. The fourth-order valence-corrected chi connectivity index (χ4v) is 7.08. The number of benzene rings is 2. The van der Waals surface area contributed by atoms with Crippen molar-refractivity contribution in [3.8, 4) is 0 Å². The molecule has 1 unspecified atom stereocenters. The van der Waals surface area contributed by atoms with Gasteiger partial charge in [0.15, 0.2) is 9.84 Å². The molecule has 0 saturated carbocycles. The highest BCUT2D eigenvalue weighted by atomic mass is 32.2. The Morgan fingerprint density at radius 1 is 1.13 bits per heavy atom. The second kappa shape index (κ2) is 9.29. The summed E-state index contributed by atoms with van der Waals surface area (Å²) in [6.45, 7) is 6.93. The number of halogens is 1. The normalized spacial score (nSPS) is 25.0. The van der Waals surface area contributed by atoms with Gasteiger partial charge in [-0.25, -0.2) is 12.8 Å². The van der Waals surface area contributed by atoms with E-state index in [4.69, 9.17) is 0 Å². The number of hydrogen-bond donors (Lipinski definition) is 1. The second-order valence-electron chi connectivity index (χ2n) is 8.79. The predicted octanol–water partition coefficient (Wildman–Crippen LogP) is 5.15. The molecule has 0 aliphatic carbocycles. The summed E-state index contributed by atoms with van der Waals surface area (Å²) in [5, 5.41) is 11.7. The lowest BCUT2D eigenvalue weighted by atomic mass is 9.69. The highest BCUT2D eigenvalue weighted by molar-refractivity contribution is 7.91. The van der Waals surface area contributed by atoms with Crippen LogP contribution in [0.1, 0.15) is 63.5 Å². The Morgan fingerprint density at radius 2 is 1.81 bits per heavy atom. The molecule has 0 aromatic heterocycles. The maximum absolute atomic E-state index is 14.3. The first kappa shape index (κ1) is 23.7. The molecule has 1 aliphatic rings. The first-order chi connectivity index (χ1) is 14.7. The Labute approximate surface area is 186 Å². The minimum absolute atomic E-state index is 0.122. The van der Waals surface area contributed by atoms with Gasteiger partial charge >= 0.3 is 0 Å². The average molecular weight is 448 g/mol. The Morgan fingerprint density at radius 3 is 2.39 bits per heavy atom. The van der Waals surface area contributed by atoms with E-state index < -0.39 is 33.1 Å². The number of aliphatic hydroxyl groups is 1. The van der Waals surface area contributed by atoms with E-state index >= 15 is 0 Å². The van der Waals surface area contributed by atoms with E-state index in [1.807, 2.05) is 38.2 Å². The molecule has 6 heteroatoms. The average Bonchev–Trinajstić information content (AvgIpc) is 2.82. The fraction of sp³-hybridized carbons (Fsp3) is 0.520. The van der Waals surface area contributed by atoms with Gasteiger partial charge in [0.1, 0.15) is 5.82 Å². The topological polar surface area (TPSA) is 57.6 Å². The lowest BCUT2D eigenvalue weighted by molar-refractivity contribution is 0.0173. The van der Waals surface area contributed by atoms with Crippen molar-refractivity contribution in [1.29, 1.82) is 0 Å². The summed E-state index contributed by atoms with van der Waals surface area (Å²) in [6, 6.07) is 11.7. The van der Waals surface area contributed by atoms with Gasteiger partial charge in [-0.05, 0) is 61.2 Å². The lowest BCUT2D eigenvalue weighted by Crippen LogP contribution is -2.42. The number of aliphatic hydroxyl groups excluding tert-OH is 1. The zero-order valence-corrected chi connectivity index (χ0v) is 19.8. The van der Waals surface area contributed by atoms with Crippen molar-refractivity contribution in [2.24, 2.45) is 5.41 Å². The van der Waals surface area contributed by atoms with Crippen molar-refractivity contribution >= 4 is 15.5 Å². The number of hydrogen-bond acceptors (Lipinski definition) is 4. The SMILES string of the molecule is CCCCC1(CC)CS(=O)(=O)c2ccc(F)cc2[C@@H](c2ccc(N(C)CC)cc2)[C@H]1O. The number of fused-ring (bicyclic) bond motifs is 1. The van der Waals surface area contributed by atoms with Gasteiger partial charge in [-0.1, -0.05) is 38.8 Å². The number of rotatable bonds is 7. The van der Waals surface area contributed by atoms with E-state index in [9.17, 15) is 17.9 Å². The van der Waals surface area contributed by atoms with E-state index in [1.165, 1.54) is 18.2 Å². The van der Waals surface area contributed by atoms with E-state index in [-0.39, 0.29) is 10.6 Å². The number of anilines is 1. The zero-order valence-electron chi connectivity index (χ0n) is 18.9. The summed E-state index contributed by atoms with van der Waals surface area (Å²) in [7, 11) is -1.68. The van der Waals surface area contributed by atoms with E-state index in [0.29, 0.717) is 18.4 Å². The molecule has 3 rings (SSSR count). The monoisotopic (exact) mass is 447 g/mol. The highest BCUT2D eigenvalue weighted by Gasteiger charge is 2.48. The molecule has 0 radical (unpaired) electrons. The predicted molar refractivity (Wildman–Crippen MR) is 124 cm³/mol. The molecule has 31 heavy (non-hydrogen) atoms. The summed E-state index contributed by atoms with van der Waals surface area (Å²) < 4.78 is 41.1. The van der Waals surface area contributed by atoms with Crippen LogP contribution in [0.25, 0.3) is 0 Å². The Bertz CT molecular complexity index is 1010. The van der Waals surface area contributed by atoms with Crippen LogP contribution in [0.3, 0.4) is 0 Å². The van der Waals surface area contributed by atoms with Crippen LogP contribution in [-0.4, -0.2) is 39.0 Å². The van der Waals surface area contributed by atoms with Gasteiger partial charge in [-0.2, -0.15) is 0 Å². The van der Waals surface area contributed by atoms with Crippen LogP contribution < -0.4 is 4.90 Å². The summed E-state index contributed by atoms with van der Waals surface area (Å²) >= 11 is 0. The van der Waals surface area contributed by atoms with Crippen molar-refractivity contribution in [3.05, 3.63) is 59.4 Å². The molecule has 2 aromatic rings. The van der Waals surface area contributed by atoms with Gasteiger partial charge in [0.2, 0.25) is 0 Å². The number of unbranched alkanes of at least 4 members (excludes halogenated alkanes) is 1. The number of sulfone groups is 1. The molecular weight excluding hydrogens is 413 g/mol. The Kier molecular flexibility index (Phi) is 7.11. The van der Waals surface area contributed by atoms with Crippen LogP contribution >= 0.6 is 0 Å². The lowest BCUT2D eigenvalue weighted by Gasteiger charge is -2.39.